The summed E-state index contributed by atoms with van der Waals surface area (Å²) in [4.78, 5) is 35.3. The number of phosphoric acid groups is 1. The lowest BCUT2D eigenvalue weighted by Crippen LogP contribution is -2.37. The highest BCUT2D eigenvalue weighted by Crippen LogP contribution is 2.43. The molecule has 0 spiro atoms. The minimum absolute atomic E-state index is 0.0173. The average Bonchev–Trinajstić information content (AvgIpc) is 3.12. The number of hydrogen-bond acceptors (Lipinski definition) is 8. The van der Waals surface area contributed by atoms with Crippen LogP contribution in [-0.2, 0) is 32.7 Å². The number of unbranched alkanes of at least 4 members (excludes halogenated alkanes) is 16. The number of rotatable bonds is 38. The molecule has 0 rings (SSSR count). The summed E-state index contributed by atoms with van der Waals surface area (Å²) in [6, 6.07) is 0. The average molecular weight is 799 g/mol. The molecule has 0 heterocycles. The molecule has 2 unspecified atom stereocenters. The molecule has 11 heteroatoms. The number of allylic oxidation sites excluding steroid dienone is 6. The van der Waals surface area contributed by atoms with Crippen molar-refractivity contribution in [3.8, 4) is 0 Å². The van der Waals surface area contributed by atoms with E-state index in [1.165, 1.54) is 51.4 Å². The van der Waals surface area contributed by atoms with Crippen LogP contribution < -0.4 is 0 Å². The molecule has 0 aliphatic rings. The van der Waals surface area contributed by atoms with Gasteiger partial charge in [-0.05, 0) is 64.2 Å². The van der Waals surface area contributed by atoms with Crippen LogP contribution in [-0.4, -0.2) is 86.1 Å². The monoisotopic (exact) mass is 799 g/mol. The van der Waals surface area contributed by atoms with E-state index >= 15 is 0 Å². The van der Waals surface area contributed by atoms with Gasteiger partial charge in [0, 0.05) is 12.8 Å². The summed E-state index contributed by atoms with van der Waals surface area (Å²) in [6.45, 7) is 4.14. The molecule has 0 aromatic rings. The maximum absolute atomic E-state index is 12.7. The van der Waals surface area contributed by atoms with Crippen LogP contribution in [0.4, 0.5) is 0 Å². The summed E-state index contributed by atoms with van der Waals surface area (Å²) in [5.41, 5.74) is 0. The van der Waals surface area contributed by atoms with Gasteiger partial charge in [0.05, 0.1) is 33.9 Å². The normalized spacial score (nSPS) is 14.7. The minimum Gasteiger partial charge on any atom is -0.462 e. The highest BCUT2D eigenvalue weighted by atomic mass is 31.2. The topological polar surface area (TPSA) is 129 Å². The number of nitrogens with zero attached hydrogens (tertiary/aromatic N) is 1. The first-order chi connectivity index (χ1) is 26.4. The second-order valence-corrected chi connectivity index (χ2v) is 17.0. The van der Waals surface area contributed by atoms with E-state index in [-0.39, 0.29) is 26.1 Å². The van der Waals surface area contributed by atoms with Crippen LogP contribution in [0, 0.1) is 0 Å². The summed E-state index contributed by atoms with van der Waals surface area (Å²) in [5, 5.41) is 9.87. The lowest BCUT2D eigenvalue weighted by molar-refractivity contribution is -0.870. The molecule has 0 saturated carbocycles. The number of phosphoric ester groups is 1. The highest BCUT2D eigenvalue weighted by Gasteiger charge is 2.27. The van der Waals surface area contributed by atoms with Gasteiger partial charge in [-0.25, -0.2) is 4.57 Å². The van der Waals surface area contributed by atoms with E-state index in [9.17, 15) is 24.2 Å². The maximum atomic E-state index is 12.7. The van der Waals surface area contributed by atoms with Crippen LogP contribution in [0.5, 0.6) is 0 Å². The van der Waals surface area contributed by atoms with E-state index in [1.54, 1.807) is 6.08 Å². The van der Waals surface area contributed by atoms with Crippen molar-refractivity contribution in [3.05, 3.63) is 48.6 Å². The Balaban J connectivity index is 4.45. The molecular formula is C44H81NO9P+. The van der Waals surface area contributed by atoms with Gasteiger partial charge >= 0.3 is 19.8 Å². The Morgan fingerprint density at radius 3 is 1.78 bits per heavy atom. The van der Waals surface area contributed by atoms with Crippen LogP contribution in [0.3, 0.4) is 0 Å². The predicted octanol–water partition coefficient (Wildman–Crippen LogP) is 10.9. The molecule has 0 aliphatic heterocycles. The van der Waals surface area contributed by atoms with Crippen LogP contribution in [0.25, 0.3) is 0 Å². The first-order valence-electron chi connectivity index (χ1n) is 21.5. The number of carbonyl (C=O) groups is 2. The van der Waals surface area contributed by atoms with E-state index in [4.69, 9.17) is 18.5 Å². The van der Waals surface area contributed by atoms with Crippen LogP contribution >= 0.6 is 7.82 Å². The molecule has 10 nitrogen and oxygen atoms in total. The molecule has 0 saturated heterocycles. The van der Waals surface area contributed by atoms with Gasteiger partial charge in [0.15, 0.2) is 6.10 Å². The number of quaternary nitrogens is 1. The van der Waals surface area contributed by atoms with Gasteiger partial charge in [-0.3, -0.25) is 18.6 Å². The second kappa shape index (κ2) is 36.3. The van der Waals surface area contributed by atoms with Crippen molar-refractivity contribution in [3.63, 3.8) is 0 Å². The standard InChI is InChI=1S/C44H80NO9P/c1-6-8-10-11-12-13-14-15-16-17-18-21-25-28-32-36-44(48)54-42(40-53-55(49,50)52-38-37-45(3,4)5)39-51-43(47)35-31-27-24-22-19-20-23-26-30-34-41(46)33-29-9-7-2/h9,13-14,23,26,29-30,34,41-42,46H,6-8,10-12,15-22,24-25,27-28,31-33,35-40H2,1-5H3/p+1/b14-13-,26-23+,29-9+,34-30+/t41?,42-/m1/s1. The molecule has 55 heavy (non-hydrogen) atoms. The van der Waals surface area contributed by atoms with Crippen molar-refractivity contribution in [1.29, 1.82) is 0 Å². The predicted molar refractivity (Wildman–Crippen MR) is 226 cm³/mol. The molecular weight excluding hydrogens is 717 g/mol. The fourth-order valence-corrected chi connectivity index (χ4v) is 6.26. The van der Waals surface area contributed by atoms with E-state index in [0.29, 0.717) is 30.3 Å². The van der Waals surface area contributed by atoms with Gasteiger partial charge in [-0.2, -0.15) is 0 Å². The number of likely N-dealkylation sites (N-methyl/N-ethyl adjacent to an activating group) is 1. The summed E-state index contributed by atoms with van der Waals surface area (Å²) in [5.74, 6) is -0.860. The minimum atomic E-state index is -4.39. The Kier molecular flexibility index (Phi) is 34.9. The largest absolute Gasteiger partial charge is 0.472 e. The van der Waals surface area contributed by atoms with Crippen molar-refractivity contribution in [2.24, 2.45) is 0 Å². The molecule has 0 radical (unpaired) electrons. The van der Waals surface area contributed by atoms with Gasteiger partial charge < -0.3 is 24.0 Å². The SMILES string of the molecule is CC/C=C/CC(O)/C=C/C=C/CCCCCCCC(=O)OC[C@H](COP(=O)(O)OCC[N+](C)(C)C)OC(=O)CCCCCCCCC/C=C\CCCCCC. The Labute approximate surface area is 336 Å². The summed E-state index contributed by atoms with van der Waals surface area (Å²) in [7, 11) is 1.43. The number of carbonyl (C=O) groups excluding carboxylic acids is 2. The third kappa shape index (κ3) is 39.9. The van der Waals surface area contributed by atoms with E-state index < -0.39 is 38.6 Å². The zero-order valence-electron chi connectivity index (χ0n) is 35.5. The molecule has 3 atom stereocenters. The fourth-order valence-electron chi connectivity index (χ4n) is 5.51. The van der Waals surface area contributed by atoms with Crippen LogP contribution in [0.1, 0.15) is 162 Å². The second-order valence-electron chi connectivity index (χ2n) is 15.5. The third-order valence-corrected chi connectivity index (χ3v) is 9.91. The Morgan fingerprint density at radius 1 is 0.655 bits per heavy atom. The molecule has 0 bridgehead atoms. The summed E-state index contributed by atoms with van der Waals surface area (Å²) in [6.07, 6.45) is 37.7. The molecule has 0 aromatic heterocycles. The Morgan fingerprint density at radius 2 is 1.20 bits per heavy atom. The summed E-state index contributed by atoms with van der Waals surface area (Å²) >= 11 is 0. The number of esters is 2. The van der Waals surface area contributed by atoms with Crippen molar-refractivity contribution >= 4 is 19.8 Å². The van der Waals surface area contributed by atoms with E-state index in [2.05, 4.69) is 32.1 Å². The van der Waals surface area contributed by atoms with Gasteiger partial charge in [0.25, 0.3) is 0 Å². The maximum Gasteiger partial charge on any atom is 0.472 e. The van der Waals surface area contributed by atoms with Crippen LogP contribution in [0.2, 0.25) is 0 Å². The first kappa shape index (κ1) is 52.9. The quantitative estimate of drug-likeness (QED) is 0.0157. The van der Waals surface area contributed by atoms with Crippen molar-refractivity contribution < 1.29 is 47.2 Å². The lowest BCUT2D eigenvalue weighted by Gasteiger charge is -2.24. The molecule has 0 amide bonds. The van der Waals surface area contributed by atoms with Gasteiger partial charge in [0.1, 0.15) is 19.8 Å². The Bertz CT molecular complexity index is 1100. The molecule has 2 N–H and O–H groups in total. The first-order valence-corrected chi connectivity index (χ1v) is 23.0. The summed E-state index contributed by atoms with van der Waals surface area (Å²) < 4.78 is 34.2. The van der Waals surface area contributed by atoms with Crippen LogP contribution in [0.15, 0.2) is 48.6 Å². The van der Waals surface area contributed by atoms with Crippen molar-refractivity contribution in [2.75, 3.05) is 47.5 Å². The highest BCUT2D eigenvalue weighted by molar-refractivity contribution is 7.47. The zero-order chi connectivity index (χ0) is 40.9. The van der Waals surface area contributed by atoms with E-state index in [0.717, 1.165) is 64.2 Å². The van der Waals surface area contributed by atoms with E-state index in [1.807, 2.05) is 45.4 Å². The van der Waals surface area contributed by atoms with Crippen molar-refractivity contribution in [2.45, 2.75) is 174 Å². The number of aliphatic hydroxyl groups excluding tert-OH is 1. The molecule has 0 aliphatic carbocycles. The van der Waals surface area contributed by atoms with Gasteiger partial charge in [-0.1, -0.05) is 133 Å². The number of ether oxygens (including phenoxy) is 2. The Hall–Kier alpha value is -2.07. The molecule has 0 fully saturated rings. The number of hydrogen-bond donors (Lipinski definition) is 2. The third-order valence-electron chi connectivity index (χ3n) is 8.92. The molecule has 0 aromatic carbocycles. The van der Waals surface area contributed by atoms with Crippen molar-refractivity contribution in [1.82, 2.24) is 0 Å². The number of aliphatic hydroxyl groups is 1. The molecule has 320 valence electrons. The van der Waals surface area contributed by atoms with Gasteiger partial charge in [-0.15, -0.1) is 0 Å². The zero-order valence-corrected chi connectivity index (χ0v) is 36.4. The lowest BCUT2D eigenvalue weighted by atomic mass is 10.1. The van der Waals surface area contributed by atoms with Gasteiger partial charge in [0.2, 0.25) is 0 Å². The smallest absolute Gasteiger partial charge is 0.462 e. The fraction of sp³-hybridized carbons (Fsp3) is 0.773.